The molecule has 3 aromatic rings. The molecule has 0 unspecified atom stereocenters. The van der Waals surface area contributed by atoms with E-state index < -0.39 is 0 Å². The van der Waals surface area contributed by atoms with E-state index in [0.29, 0.717) is 0 Å². The monoisotopic (exact) mass is 476 g/mol. The number of guanidine groups is 1. The standard InChI is InChI=1S/C20H24N6.HI/c1-21-20(25-14-11-16-7-2-3-8-17(16)15-25)22-12-6-10-19-24-23-18-9-4-5-13-26(18)19;/h2-5,7-9,13H,6,10-12,14-15H2,1H3,(H,21,22);1H. The highest BCUT2D eigenvalue weighted by molar-refractivity contribution is 14.0. The van der Waals surface area contributed by atoms with Crippen molar-refractivity contribution in [3.8, 4) is 0 Å². The zero-order chi connectivity index (χ0) is 17.8. The lowest BCUT2D eigenvalue weighted by molar-refractivity contribution is 0.378. The summed E-state index contributed by atoms with van der Waals surface area (Å²) in [6.45, 7) is 2.79. The van der Waals surface area contributed by atoms with E-state index in [2.05, 4.69) is 54.1 Å². The van der Waals surface area contributed by atoms with Crippen LogP contribution in [0.15, 0.2) is 53.7 Å². The van der Waals surface area contributed by atoms with Crippen molar-refractivity contribution in [2.75, 3.05) is 20.1 Å². The molecule has 1 aromatic carbocycles. The van der Waals surface area contributed by atoms with Crippen LogP contribution in [0.3, 0.4) is 0 Å². The molecule has 0 spiro atoms. The van der Waals surface area contributed by atoms with E-state index in [-0.39, 0.29) is 24.0 Å². The van der Waals surface area contributed by atoms with E-state index >= 15 is 0 Å². The third-order valence-corrected chi connectivity index (χ3v) is 4.89. The van der Waals surface area contributed by atoms with Crippen LogP contribution in [0, 0.1) is 0 Å². The van der Waals surface area contributed by atoms with E-state index in [4.69, 9.17) is 0 Å². The lowest BCUT2D eigenvalue weighted by atomic mass is 10.0. The van der Waals surface area contributed by atoms with Crippen molar-refractivity contribution in [3.05, 3.63) is 65.6 Å². The van der Waals surface area contributed by atoms with Crippen LogP contribution in [0.1, 0.15) is 23.4 Å². The van der Waals surface area contributed by atoms with Gasteiger partial charge in [-0.1, -0.05) is 30.3 Å². The Bertz CT molecular complexity index is 919. The molecule has 7 heteroatoms. The average Bonchev–Trinajstić information content (AvgIpc) is 3.11. The quantitative estimate of drug-likeness (QED) is 0.272. The average molecular weight is 476 g/mol. The molecule has 0 radical (unpaired) electrons. The second-order valence-electron chi connectivity index (χ2n) is 6.56. The third-order valence-electron chi connectivity index (χ3n) is 4.89. The number of nitrogens with zero attached hydrogens (tertiary/aromatic N) is 5. The van der Waals surface area contributed by atoms with Gasteiger partial charge in [0.05, 0.1) is 0 Å². The number of fused-ring (bicyclic) bond motifs is 2. The Kier molecular flexibility index (Phi) is 6.65. The fourth-order valence-corrected chi connectivity index (χ4v) is 3.52. The van der Waals surface area contributed by atoms with Gasteiger partial charge in [-0.15, -0.1) is 34.2 Å². The van der Waals surface area contributed by atoms with Gasteiger partial charge in [0.1, 0.15) is 5.82 Å². The van der Waals surface area contributed by atoms with Crippen molar-refractivity contribution in [1.82, 2.24) is 24.8 Å². The van der Waals surface area contributed by atoms with Crippen LogP contribution in [-0.4, -0.2) is 45.6 Å². The summed E-state index contributed by atoms with van der Waals surface area (Å²) in [6, 6.07) is 14.6. The Hall–Kier alpha value is -2.16. The minimum absolute atomic E-state index is 0. The summed E-state index contributed by atoms with van der Waals surface area (Å²) in [4.78, 5) is 6.80. The first-order chi connectivity index (χ1) is 12.8. The number of hydrogen-bond donors (Lipinski definition) is 1. The number of rotatable bonds is 4. The molecular formula is C20H25IN6. The Morgan fingerprint density at radius 2 is 1.93 bits per heavy atom. The van der Waals surface area contributed by atoms with Crippen LogP contribution >= 0.6 is 24.0 Å². The lowest BCUT2D eigenvalue weighted by Gasteiger charge is -2.31. The van der Waals surface area contributed by atoms with Gasteiger partial charge in [-0.2, -0.15) is 0 Å². The summed E-state index contributed by atoms with van der Waals surface area (Å²) >= 11 is 0. The summed E-state index contributed by atoms with van der Waals surface area (Å²) < 4.78 is 2.05. The van der Waals surface area contributed by atoms with Crippen molar-refractivity contribution >= 4 is 35.6 Å². The zero-order valence-electron chi connectivity index (χ0n) is 15.5. The number of aryl methyl sites for hydroxylation is 1. The molecular weight excluding hydrogens is 451 g/mol. The van der Waals surface area contributed by atoms with Crippen LogP contribution in [0.4, 0.5) is 0 Å². The molecule has 4 rings (SSSR count). The van der Waals surface area contributed by atoms with Gasteiger partial charge < -0.3 is 10.2 Å². The van der Waals surface area contributed by atoms with Gasteiger partial charge in [0.2, 0.25) is 0 Å². The van der Waals surface area contributed by atoms with E-state index in [1.807, 2.05) is 31.4 Å². The number of hydrogen-bond acceptors (Lipinski definition) is 3. The highest BCUT2D eigenvalue weighted by Crippen LogP contribution is 2.18. The van der Waals surface area contributed by atoms with Crippen LogP contribution in [0.5, 0.6) is 0 Å². The van der Waals surface area contributed by atoms with Crippen LogP contribution in [0.2, 0.25) is 0 Å². The third kappa shape index (κ3) is 4.40. The topological polar surface area (TPSA) is 57.8 Å². The molecule has 0 aliphatic carbocycles. The van der Waals surface area contributed by atoms with Crippen LogP contribution in [0.25, 0.3) is 5.65 Å². The summed E-state index contributed by atoms with van der Waals surface area (Å²) in [6.07, 6.45) is 4.96. The van der Waals surface area contributed by atoms with Crippen LogP contribution < -0.4 is 5.32 Å². The summed E-state index contributed by atoms with van der Waals surface area (Å²) in [7, 11) is 1.86. The molecule has 142 valence electrons. The van der Waals surface area contributed by atoms with Gasteiger partial charge in [0.15, 0.2) is 11.6 Å². The SMILES string of the molecule is CN=C(NCCCc1nnc2ccccn12)N1CCc2ccccc2C1.I. The number of pyridine rings is 1. The Morgan fingerprint density at radius 1 is 1.11 bits per heavy atom. The van der Waals surface area contributed by atoms with Crippen molar-refractivity contribution in [3.63, 3.8) is 0 Å². The van der Waals surface area contributed by atoms with Gasteiger partial charge in [-0.25, -0.2) is 0 Å². The van der Waals surface area contributed by atoms with Gasteiger partial charge >= 0.3 is 0 Å². The summed E-state index contributed by atoms with van der Waals surface area (Å²) in [5.74, 6) is 1.98. The predicted octanol–water partition coefficient (Wildman–Crippen LogP) is 2.91. The second kappa shape index (κ2) is 9.16. The lowest BCUT2D eigenvalue weighted by Crippen LogP contribution is -2.44. The number of aliphatic imine (C=N–C) groups is 1. The minimum Gasteiger partial charge on any atom is -0.356 e. The van der Waals surface area contributed by atoms with Gasteiger partial charge in [0.25, 0.3) is 0 Å². The van der Waals surface area contributed by atoms with E-state index in [9.17, 15) is 0 Å². The van der Waals surface area contributed by atoms with E-state index in [1.165, 1.54) is 11.1 Å². The van der Waals surface area contributed by atoms with E-state index in [0.717, 1.165) is 56.3 Å². The fourth-order valence-electron chi connectivity index (χ4n) is 3.52. The maximum absolute atomic E-state index is 4.47. The van der Waals surface area contributed by atoms with Crippen LogP contribution in [-0.2, 0) is 19.4 Å². The first-order valence-corrected chi connectivity index (χ1v) is 9.16. The molecule has 0 saturated carbocycles. The number of aromatic nitrogens is 3. The molecule has 0 atom stereocenters. The number of nitrogens with one attached hydrogen (secondary N) is 1. The second-order valence-corrected chi connectivity index (χ2v) is 6.56. The molecule has 0 bridgehead atoms. The molecule has 1 aliphatic rings. The maximum Gasteiger partial charge on any atom is 0.193 e. The summed E-state index contributed by atoms with van der Waals surface area (Å²) in [5.41, 5.74) is 3.76. The number of benzene rings is 1. The molecule has 0 saturated heterocycles. The normalized spacial score (nSPS) is 14.0. The zero-order valence-corrected chi connectivity index (χ0v) is 17.8. The predicted molar refractivity (Wildman–Crippen MR) is 119 cm³/mol. The Labute approximate surface area is 176 Å². The fraction of sp³-hybridized carbons (Fsp3) is 0.350. The first-order valence-electron chi connectivity index (χ1n) is 9.16. The molecule has 0 fully saturated rings. The highest BCUT2D eigenvalue weighted by atomic mass is 127. The smallest absolute Gasteiger partial charge is 0.193 e. The molecule has 3 heterocycles. The molecule has 2 aromatic heterocycles. The van der Waals surface area contributed by atoms with Crippen molar-refractivity contribution < 1.29 is 0 Å². The van der Waals surface area contributed by atoms with Crippen molar-refractivity contribution in [1.29, 1.82) is 0 Å². The van der Waals surface area contributed by atoms with Gasteiger partial charge in [0, 0.05) is 39.3 Å². The molecule has 27 heavy (non-hydrogen) atoms. The molecule has 6 nitrogen and oxygen atoms in total. The highest BCUT2D eigenvalue weighted by Gasteiger charge is 2.18. The molecule has 1 N–H and O–H groups in total. The van der Waals surface area contributed by atoms with Gasteiger partial charge in [-0.3, -0.25) is 9.39 Å². The molecule has 1 aliphatic heterocycles. The molecule has 0 amide bonds. The summed E-state index contributed by atoms with van der Waals surface area (Å²) in [5, 5.41) is 12.0. The Morgan fingerprint density at radius 3 is 2.78 bits per heavy atom. The van der Waals surface area contributed by atoms with Crippen molar-refractivity contribution in [2.24, 2.45) is 4.99 Å². The van der Waals surface area contributed by atoms with Crippen molar-refractivity contribution in [2.45, 2.75) is 25.8 Å². The largest absolute Gasteiger partial charge is 0.356 e. The maximum atomic E-state index is 4.47. The first kappa shape index (κ1) is 19.6. The number of halogens is 1. The van der Waals surface area contributed by atoms with Gasteiger partial charge in [-0.05, 0) is 36.1 Å². The Balaban J connectivity index is 0.00000210. The minimum atomic E-state index is 0. The van der Waals surface area contributed by atoms with E-state index in [1.54, 1.807) is 0 Å².